The largest absolute Gasteiger partial charge is 0.493 e. The molecule has 0 radical (unpaired) electrons. The van der Waals surface area contributed by atoms with Gasteiger partial charge in [0.2, 0.25) is 0 Å². The van der Waals surface area contributed by atoms with Crippen molar-refractivity contribution in [3.8, 4) is 5.75 Å². The van der Waals surface area contributed by atoms with Gasteiger partial charge in [-0.25, -0.2) is 4.98 Å². The van der Waals surface area contributed by atoms with Gasteiger partial charge in [0.05, 0.1) is 13.2 Å². The van der Waals surface area contributed by atoms with Gasteiger partial charge in [0.15, 0.2) is 16.7 Å². The summed E-state index contributed by atoms with van der Waals surface area (Å²) in [7, 11) is 1.62. The lowest BCUT2D eigenvalue weighted by Gasteiger charge is -2.33. The molecular formula is C21H28N4OS. The maximum Gasteiger partial charge on any atom is 0.174 e. The highest BCUT2D eigenvalue weighted by molar-refractivity contribution is 7.80. The third-order valence-corrected chi connectivity index (χ3v) is 5.21. The van der Waals surface area contributed by atoms with Crippen LogP contribution in [0.2, 0.25) is 0 Å². The lowest BCUT2D eigenvalue weighted by Crippen LogP contribution is -2.34. The Morgan fingerprint density at radius 3 is 2.78 bits per heavy atom. The zero-order valence-corrected chi connectivity index (χ0v) is 17.1. The Labute approximate surface area is 167 Å². The molecule has 2 aromatic rings. The van der Waals surface area contributed by atoms with Crippen LogP contribution in [0.5, 0.6) is 5.75 Å². The van der Waals surface area contributed by atoms with Gasteiger partial charge in [-0.05, 0) is 67.7 Å². The van der Waals surface area contributed by atoms with Crippen LogP contribution >= 0.6 is 12.2 Å². The highest BCUT2D eigenvalue weighted by atomic mass is 32.1. The van der Waals surface area contributed by atoms with E-state index >= 15 is 0 Å². The topological polar surface area (TPSA) is 49.4 Å². The van der Waals surface area contributed by atoms with Gasteiger partial charge in [-0.3, -0.25) is 0 Å². The number of piperidine rings is 1. The molecular weight excluding hydrogens is 356 g/mol. The van der Waals surface area contributed by atoms with Crippen LogP contribution in [0.4, 0.5) is 11.5 Å². The predicted molar refractivity (Wildman–Crippen MR) is 116 cm³/mol. The normalized spacial score (nSPS) is 17.9. The van der Waals surface area contributed by atoms with Crippen molar-refractivity contribution in [1.82, 2.24) is 10.3 Å². The van der Waals surface area contributed by atoms with Gasteiger partial charge < -0.3 is 20.3 Å². The molecule has 3 rings (SSSR count). The van der Waals surface area contributed by atoms with E-state index in [1.165, 1.54) is 24.1 Å². The van der Waals surface area contributed by atoms with Crippen LogP contribution in [0.1, 0.15) is 38.3 Å². The molecule has 2 heterocycles. The molecule has 1 aromatic heterocycles. The molecule has 0 saturated carbocycles. The molecule has 0 amide bonds. The van der Waals surface area contributed by atoms with Crippen molar-refractivity contribution in [3.05, 3.63) is 48.2 Å². The van der Waals surface area contributed by atoms with E-state index in [1.807, 2.05) is 12.1 Å². The summed E-state index contributed by atoms with van der Waals surface area (Å²) < 4.78 is 5.30. The van der Waals surface area contributed by atoms with Crippen molar-refractivity contribution < 1.29 is 4.74 Å². The molecule has 6 heteroatoms. The quantitative estimate of drug-likeness (QED) is 0.747. The summed E-state index contributed by atoms with van der Waals surface area (Å²) in [6, 6.07) is 12.5. The first kappa shape index (κ1) is 19.4. The first-order valence-corrected chi connectivity index (χ1v) is 9.89. The van der Waals surface area contributed by atoms with Gasteiger partial charge in [0, 0.05) is 25.0 Å². The Kier molecular flexibility index (Phi) is 6.50. The van der Waals surface area contributed by atoms with E-state index in [4.69, 9.17) is 17.0 Å². The van der Waals surface area contributed by atoms with Crippen LogP contribution in [-0.4, -0.2) is 30.3 Å². The summed E-state index contributed by atoms with van der Waals surface area (Å²) in [5.41, 5.74) is 2.50. The Morgan fingerprint density at radius 1 is 1.30 bits per heavy atom. The number of aromatic nitrogens is 1. The second kappa shape index (κ2) is 9.04. The van der Waals surface area contributed by atoms with Gasteiger partial charge in [-0.1, -0.05) is 19.1 Å². The zero-order chi connectivity index (χ0) is 19.2. The van der Waals surface area contributed by atoms with Crippen molar-refractivity contribution >= 4 is 28.8 Å². The van der Waals surface area contributed by atoms with Crippen LogP contribution in [0, 0.1) is 5.92 Å². The SMILES string of the molecule is COc1cccnc1NC(=S)N[C@H](C)c1ccc(N2CCC[C@H](C)C2)cc1. The minimum atomic E-state index is 0.0917. The number of anilines is 2. The van der Waals surface area contributed by atoms with Gasteiger partial charge >= 0.3 is 0 Å². The number of nitrogens with one attached hydrogen (secondary N) is 2. The number of nitrogens with zero attached hydrogens (tertiary/aromatic N) is 2. The number of benzene rings is 1. The molecule has 0 spiro atoms. The zero-order valence-electron chi connectivity index (χ0n) is 16.2. The molecule has 2 atom stereocenters. The Morgan fingerprint density at radius 2 is 2.07 bits per heavy atom. The predicted octanol–water partition coefficient (Wildman–Crippen LogP) is 4.37. The van der Waals surface area contributed by atoms with E-state index in [9.17, 15) is 0 Å². The first-order valence-electron chi connectivity index (χ1n) is 9.48. The number of ether oxygens (including phenoxy) is 1. The summed E-state index contributed by atoms with van der Waals surface area (Å²) in [6.45, 7) is 6.73. The molecule has 2 N–H and O–H groups in total. The van der Waals surface area contributed by atoms with Crippen molar-refractivity contribution in [2.45, 2.75) is 32.7 Å². The van der Waals surface area contributed by atoms with E-state index < -0.39 is 0 Å². The van der Waals surface area contributed by atoms with Crippen molar-refractivity contribution in [1.29, 1.82) is 0 Å². The molecule has 0 unspecified atom stereocenters. The van der Waals surface area contributed by atoms with Crippen LogP contribution < -0.4 is 20.3 Å². The fourth-order valence-electron chi connectivity index (χ4n) is 3.47. The highest BCUT2D eigenvalue weighted by Crippen LogP contribution is 2.25. The van der Waals surface area contributed by atoms with Gasteiger partial charge in [0.1, 0.15) is 0 Å². The Bertz CT molecular complexity index is 765. The number of hydrogen-bond donors (Lipinski definition) is 2. The number of rotatable bonds is 5. The first-order chi connectivity index (χ1) is 13.1. The van der Waals surface area contributed by atoms with Crippen LogP contribution in [0.25, 0.3) is 0 Å². The van der Waals surface area contributed by atoms with Crippen LogP contribution in [0.3, 0.4) is 0 Å². The molecule has 144 valence electrons. The fraction of sp³-hybridized carbons (Fsp3) is 0.429. The van der Waals surface area contributed by atoms with Crippen molar-refractivity contribution in [3.63, 3.8) is 0 Å². The molecule has 1 aliphatic heterocycles. The maximum atomic E-state index is 5.43. The molecule has 27 heavy (non-hydrogen) atoms. The third-order valence-electron chi connectivity index (χ3n) is 4.99. The molecule has 5 nitrogen and oxygen atoms in total. The highest BCUT2D eigenvalue weighted by Gasteiger charge is 2.17. The molecule has 1 saturated heterocycles. The average molecular weight is 385 g/mol. The third kappa shape index (κ3) is 5.10. The smallest absolute Gasteiger partial charge is 0.174 e. The van der Waals surface area contributed by atoms with Crippen LogP contribution in [0.15, 0.2) is 42.6 Å². The summed E-state index contributed by atoms with van der Waals surface area (Å²) in [6.07, 6.45) is 4.32. The van der Waals surface area contributed by atoms with Gasteiger partial charge in [0.25, 0.3) is 0 Å². The second-order valence-corrected chi connectivity index (χ2v) is 7.57. The number of hydrogen-bond acceptors (Lipinski definition) is 4. The fourth-order valence-corrected chi connectivity index (χ4v) is 3.74. The van der Waals surface area contributed by atoms with Gasteiger partial charge in [-0.15, -0.1) is 0 Å². The maximum absolute atomic E-state index is 5.43. The summed E-state index contributed by atoms with van der Waals surface area (Å²) in [5, 5.41) is 6.94. The molecule has 0 aliphatic carbocycles. The molecule has 1 fully saturated rings. The average Bonchev–Trinajstić information content (AvgIpc) is 2.68. The van der Waals surface area contributed by atoms with Crippen molar-refractivity contribution in [2.24, 2.45) is 5.92 Å². The summed E-state index contributed by atoms with van der Waals surface area (Å²) >= 11 is 5.43. The minimum Gasteiger partial charge on any atom is -0.493 e. The van der Waals surface area contributed by atoms with E-state index in [2.05, 4.69) is 58.6 Å². The molecule has 0 bridgehead atoms. The Balaban J connectivity index is 1.59. The lowest BCUT2D eigenvalue weighted by molar-refractivity contribution is 0.415. The minimum absolute atomic E-state index is 0.0917. The van der Waals surface area contributed by atoms with E-state index in [0.717, 1.165) is 19.0 Å². The standard InChI is InChI=1S/C21H28N4OS/c1-15-6-5-13-25(14-15)18-10-8-17(9-11-18)16(2)23-21(27)24-20-19(26-3)7-4-12-22-20/h4,7-12,15-16H,5-6,13-14H2,1-3H3,(H2,22,23,24,27)/t15-,16+/m0/s1. The second-order valence-electron chi connectivity index (χ2n) is 7.16. The monoisotopic (exact) mass is 384 g/mol. The van der Waals surface area contributed by atoms with E-state index in [1.54, 1.807) is 13.3 Å². The summed E-state index contributed by atoms with van der Waals surface area (Å²) in [5.74, 6) is 2.04. The number of methoxy groups -OCH3 is 1. The van der Waals surface area contributed by atoms with Gasteiger partial charge in [-0.2, -0.15) is 0 Å². The van der Waals surface area contributed by atoms with E-state index in [0.29, 0.717) is 16.7 Å². The molecule has 1 aromatic carbocycles. The number of pyridine rings is 1. The Hall–Kier alpha value is -2.34. The molecule has 1 aliphatic rings. The summed E-state index contributed by atoms with van der Waals surface area (Å²) in [4.78, 5) is 6.75. The van der Waals surface area contributed by atoms with Crippen molar-refractivity contribution in [2.75, 3.05) is 30.4 Å². The van der Waals surface area contributed by atoms with Crippen LogP contribution in [-0.2, 0) is 0 Å². The lowest BCUT2D eigenvalue weighted by atomic mass is 9.99. The number of thiocarbonyl (C=S) groups is 1. The van der Waals surface area contributed by atoms with E-state index in [-0.39, 0.29) is 6.04 Å².